The number of fused-ring (bicyclic) bond motifs is 5. The monoisotopic (exact) mass is 1720 g/mol. The van der Waals surface area contributed by atoms with Gasteiger partial charge in [-0.15, -0.1) is 0 Å². The number of ether oxygens (including phenoxy) is 3. The van der Waals surface area contributed by atoms with Crippen molar-refractivity contribution < 1.29 is 106 Å². The first-order valence-electron chi connectivity index (χ1n) is 43.1. The molecule has 5 rings (SSSR count). The lowest BCUT2D eigenvalue weighted by molar-refractivity contribution is -0.187. The molecule has 1 saturated heterocycles. The van der Waals surface area contributed by atoms with Gasteiger partial charge in [-0.1, -0.05) is 135 Å². The lowest BCUT2D eigenvalue weighted by Gasteiger charge is -2.59. The highest BCUT2D eigenvalue weighted by Crippen LogP contribution is 2.67. The van der Waals surface area contributed by atoms with Crippen molar-refractivity contribution >= 4 is 94.6 Å². The number of aliphatic hydroxyl groups excluding tert-OH is 1. The van der Waals surface area contributed by atoms with Crippen LogP contribution in [-0.4, -0.2) is 285 Å². The highest BCUT2D eigenvalue weighted by molar-refractivity contribution is 6.02. The molecule has 3 saturated carbocycles. The van der Waals surface area contributed by atoms with E-state index in [1.165, 1.54) is 97.8 Å². The summed E-state index contributed by atoms with van der Waals surface area (Å²) in [5, 5.41) is 45.6. The van der Waals surface area contributed by atoms with Gasteiger partial charge in [0.15, 0.2) is 11.6 Å². The van der Waals surface area contributed by atoms with E-state index in [2.05, 4.69) is 21.3 Å². The summed E-state index contributed by atoms with van der Waals surface area (Å²) in [7, 11) is 9.30. The average Bonchev–Trinajstić information content (AvgIpc) is 1.45. The Morgan fingerprint density at radius 3 is 1.63 bits per heavy atom. The van der Waals surface area contributed by atoms with Gasteiger partial charge < -0.3 is 85.1 Å². The van der Waals surface area contributed by atoms with Crippen LogP contribution in [0.25, 0.3) is 0 Å². The number of hydrogen-bond acceptors (Lipinski definition) is 21. The summed E-state index contributed by atoms with van der Waals surface area (Å²) in [6.07, 6.45) is 1.92. The molecule has 0 radical (unpaired) electrons. The average molecular weight is 1720 g/mol. The largest absolute Gasteiger partial charge is 0.511 e. The third-order valence-electron chi connectivity index (χ3n) is 25.6. The number of nitrogens with one attached hydrogen (secondary N) is 4. The maximum absolute atomic E-state index is 16.2. The first-order valence-corrected chi connectivity index (χ1v) is 43.1. The smallest absolute Gasteiger partial charge is 0.478 e. The van der Waals surface area contributed by atoms with E-state index in [4.69, 9.17) is 14.2 Å². The molecular weight excluding hydrogens is 1580 g/mol. The van der Waals surface area contributed by atoms with Crippen molar-refractivity contribution in [3.8, 4) is 0 Å². The summed E-state index contributed by atoms with van der Waals surface area (Å²) in [5.41, 5.74) is -3.47. The summed E-state index contributed by atoms with van der Waals surface area (Å²) in [4.78, 5) is 242. The highest BCUT2D eigenvalue weighted by atomic mass is 16.8. The van der Waals surface area contributed by atoms with Gasteiger partial charge in [0.05, 0.1) is 19.1 Å². The summed E-state index contributed by atoms with van der Waals surface area (Å²) >= 11 is 0. The number of esters is 1. The minimum absolute atomic E-state index is 0.00749. The molecule has 0 aromatic heterocycles. The number of nitrogens with zero attached hydrogens (tertiary/aromatic N) is 7. The molecule has 33 heteroatoms. The van der Waals surface area contributed by atoms with Crippen molar-refractivity contribution in [2.45, 2.75) is 293 Å². The number of aliphatic carboxylic acids is 1. The number of rotatable bonds is 23. The third-order valence-corrected chi connectivity index (χ3v) is 25.6. The SMILES string of the molecule is CC=CC[C@@H](C)C(OC(=O)OC(CC(=O)[C@@]1(O)CCC2C3CCC4=CC(=O)C=C[C@]4(C)C3[C@@H](O)C[C@@]21C)OC(=O)C=CC(=O)O)C1C(=O)NC(CC)C(=O)N(C)CC(=O)N(C)[C@@H](CC(C)C)C(=O)NC(C(C)C)C(=O)N(C)C(CC(C)C)C(=O)NC(C)C(=O)NC(C)C(=O)N(C)C(CC(C)C)C(=O)N(C)C(CC(C)C)C(=O)N(C)C(C(C)C)C(=O)N1C. The molecule has 4 fully saturated rings. The van der Waals surface area contributed by atoms with Crippen LogP contribution in [0.15, 0.2) is 48.1 Å². The first-order chi connectivity index (χ1) is 56.6. The van der Waals surface area contributed by atoms with Gasteiger partial charge in [0, 0.05) is 78.2 Å². The van der Waals surface area contributed by atoms with Crippen molar-refractivity contribution in [1.29, 1.82) is 0 Å². The van der Waals surface area contributed by atoms with E-state index >= 15 is 33.6 Å². The molecule has 33 nitrogen and oxygen atoms in total. The third kappa shape index (κ3) is 24.6. The Morgan fingerprint density at radius 2 is 1.10 bits per heavy atom. The first kappa shape index (κ1) is 103. The summed E-state index contributed by atoms with van der Waals surface area (Å²) in [6.45, 7) is 31.6. The molecule has 4 aliphatic carbocycles. The normalized spacial score (nSPS) is 30.7. The van der Waals surface area contributed by atoms with Crippen LogP contribution in [0.4, 0.5) is 4.79 Å². The zero-order chi connectivity index (χ0) is 92.7. The quantitative estimate of drug-likeness (QED) is 0.0270. The number of hydrogen-bond donors (Lipinski definition) is 7. The van der Waals surface area contributed by atoms with Crippen LogP contribution in [0.1, 0.15) is 209 Å². The summed E-state index contributed by atoms with van der Waals surface area (Å²) < 4.78 is 17.6. The Kier molecular flexibility index (Phi) is 37.0. The zero-order valence-corrected chi connectivity index (χ0v) is 76.7. The number of carboxylic acids is 1. The van der Waals surface area contributed by atoms with Crippen molar-refractivity contribution in [3.05, 3.63) is 48.1 Å². The lowest BCUT2D eigenvalue weighted by Crippen LogP contribution is -2.64. The number of carbonyl (C=O) groups is 16. The Morgan fingerprint density at radius 1 is 0.582 bits per heavy atom. The van der Waals surface area contributed by atoms with E-state index in [-0.39, 0.29) is 92.7 Å². The standard InChI is InChI=1S/C89H141N11O22/c1-27-29-30-53(15)75(122-86(118)121-70(120-69(107)34-33-68(105)106)44-66(103)89(119)38-36-59-58-32-31-56-43-57(101)35-37-87(56,18)71(58)65(102)45-88(59,89)19)74-79(111)92-60(28-2)81(113)94(20)46-67(104)95(21)61(39-47(3)4)78(110)93-72(51(11)12)84(116)96(22)62(40-48(5)6)77(109)90-54(16)76(108)91-55(17)80(112)97(23)63(41-49(7)8)82(114)98(24)64(42-50(9)10)83(115)99(25)73(52(13)14)85(117)100(74)26/h27,29,33-35,37,43,47-55,58-65,70-75,102,119H,28,30-32,36,38-42,44-46H2,1-26H3,(H,90,109)(H,91,108)(H,92,111)(H,93,110)(H,105,106)/t53-,54?,55?,58?,59?,60?,61+,62?,63?,64?,65+,70?,71?,72?,73?,74?,75?,87+,88+,89+/m1/s1. The zero-order valence-electron chi connectivity index (χ0n) is 76.7. The minimum Gasteiger partial charge on any atom is -0.478 e. The number of amides is 11. The van der Waals surface area contributed by atoms with E-state index in [1.807, 2.05) is 40.7 Å². The van der Waals surface area contributed by atoms with Gasteiger partial charge in [-0.2, -0.15) is 0 Å². The van der Waals surface area contributed by atoms with Gasteiger partial charge in [0.1, 0.15) is 72.1 Å². The number of allylic oxidation sites excluding steroid dienone is 6. The Bertz CT molecular complexity index is 3970. The van der Waals surface area contributed by atoms with Gasteiger partial charge in [0.25, 0.3) is 6.29 Å². The number of Topliss-reactive ketones (excluding diaryl/α,β-unsaturated/α-hetero) is 1. The fourth-order valence-corrected chi connectivity index (χ4v) is 18.6. The molecule has 0 spiro atoms. The summed E-state index contributed by atoms with van der Waals surface area (Å²) in [6, 6.07) is -14.2. The van der Waals surface area contributed by atoms with Crippen LogP contribution < -0.4 is 21.3 Å². The molecule has 1 heterocycles. The van der Waals surface area contributed by atoms with Gasteiger partial charge in [-0.05, 0) is 157 Å². The van der Waals surface area contributed by atoms with Gasteiger partial charge >= 0.3 is 18.1 Å². The van der Waals surface area contributed by atoms with Crippen molar-refractivity contribution in [3.63, 3.8) is 0 Å². The van der Waals surface area contributed by atoms with Crippen molar-refractivity contribution in [2.24, 2.45) is 70.0 Å². The van der Waals surface area contributed by atoms with E-state index in [0.717, 1.165) is 25.2 Å². The van der Waals surface area contributed by atoms with Crippen molar-refractivity contribution in [1.82, 2.24) is 55.6 Å². The Hall–Kier alpha value is -9.40. The van der Waals surface area contributed by atoms with E-state index in [9.17, 15) is 58.5 Å². The van der Waals surface area contributed by atoms with Crippen molar-refractivity contribution in [2.75, 3.05) is 55.9 Å². The molecule has 7 N–H and O–H groups in total. The molecule has 11 amide bonds. The topological polar surface area (TPSA) is 432 Å². The van der Waals surface area contributed by atoms with Gasteiger partial charge in [0.2, 0.25) is 65.0 Å². The molecule has 5 aliphatic rings. The number of carbonyl (C=O) groups excluding carboxylic acids is 15. The molecule has 0 aromatic rings. The van der Waals surface area contributed by atoms with Gasteiger partial charge in [-0.3, -0.25) is 62.3 Å². The fourth-order valence-electron chi connectivity index (χ4n) is 18.6. The predicted octanol–water partition coefficient (Wildman–Crippen LogP) is 5.91. The summed E-state index contributed by atoms with van der Waals surface area (Å²) in [5.74, 6) is -17.7. The molecule has 684 valence electrons. The van der Waals surface area contributed by atoms with Crippen LogP contribution >= 0.6 is 0 Å². The van der Waals surface area contributed by atoms with Crippen LogP contribution in [0.5, 0.6) is 0 Å². The minimum atomic E-state index is -2.33. The number of carboxylic acid groups (broad SMARTS) is 1. The second-order valence-corrected chi connectivity index (χ2v) is 37.3. The molecule has 1 aliphatic heterocycles. The second-order valence-electron chi connectivity index (χ2n) is 37.3. The number of aliphatic hydroxyl groups is 2. The van der Waals surface area contributed by atoms with Crippen LogP contribution in [0.3, 0.4) is 0 Å². The molecule has 122 heavy (non-hydrogen) atoms. The second kappa shape index (κ2) is 43.8. The van der Waals surface area contributed by atoms with E-state index in [1.54, 1.807) is 87.5 Å². The van der Waals surface area contributed by atoms with Crippen LogP contribution in [0, 0.1) is 70.0 Å². The molecule has 0 aromatic carbocycles. The van der Waals surface area contributed by atoms with E-state index < -0.39 is 221 Å². The fraction of sp³-hybridized carbons (Fsp3) is 0.730. The molecule has 0 bridgehead atoms. The maximum atomic E-state index is 16.2. The molecule has 20 atom stereocenters. The Labute approximate surface area is 720 Å². The maximum Gasteiger partial charge on any atom is 0.511 e. The number of likely N-dealkylation sites (N-methyl/N-ethyl adjacent to an activating group) is 7. The Balaban J connectivity index is 1.71. The van der Waals surface area contributed by atoms with Gasteiger partial charge in [-0.25, -0.2) is 14.4 Å². The van der Waals surface area contributed by atoms with Crippen LogP contribution in [-0.2, 0) is 86.1 Å². The predicted molar refractivity (Wildman–Crippen MR) is 453 cm³/mol. The number of ketones is 2. The lowest BCUT2D eigenvalue weighted by atomic mass is 9.46. The van der Waals surface area contributed by atoms with E-state index in [0.29, 0.717) is 31.4 Å². The molecule has 14 unspecified atom stereocenters. The highest BCUT2D eigenvalue weighted by Gasteiger charge is 2.68. The van der Waals surface area contributed by atoms with Crippen LogP contribution in [0.2, 0.25) is 0 Å². The molecular formula is C89H141N11O22.